The molecule has 1 saturated carbocycles. The molecule has 0 bridgehead atoms. The average Bonchev–Trinajstić information content (AvgIpc) is 2.65. The number of terminal acetylenes is 1. The van der Waals surface area contributed by atoms with Crippen LogP contribution in [-0.4, -0.2) is 18.0 Å². The first-order chi connectivity index (χ1) is 7.19. The van der Waals surface area contributed by atoms with Crippen molar-refractivity contribution in [2.75, 3.05) is 0 Å². The zero-order chi connectivity index (χ0) is 11.3. The summed E-state index contributed by atoms with van der Waals surface area (Å²) >= 11 is 0. The van der Waals surface area contributed by atoms with E-state index in [1.807, 2.05) is 0 Å². The molecule has 0 aliphatic heterocycles. The quantitative estimate of drug-likeness (QED) is 0.643. The van der Waals surface area contributed by atoms with E-state index in [9.17, 15) is 4.79 Å². The molecule has 1 rings (SSSR count). The minimum absolute atomic E-state index is 0.0497. The number of hydrogen-bond acceptors (Lipinski definition) is 3. The second kappa shape index (κ2) is 5.38. The highest BCUT2D eigenvalue weighted by atomic mass is 16.2. The summed E-state index contributed by atoms with van der Waals surface area (Å²) in [5.74, 6) is 2.02. The molecule has 0 saturated heterocycles. The number of hydrogen-bond donors (Lipinski definition) is 2. The summed E-state index contributed by atoms with van der Waals surface area (Å²) in [6, 6.07) is 1.49. The molecule has 0 aromatic rings. The molecule has 1 fully saturated rings. The van der Waals surface area contributed by atoms with E-state index >= 15 is 0 Å². The monoisotopic (exact) mass is 205 g/mol. The van der Waals surface area contributed by atoms with Gasteiger partial charge in [-0.3, -0.25) is 4.79 Å². The first-order valence-corrected chi connectivity index (χ1v) is 5.08. The Kier molecular flexibility index (Phi) is 4.15. The lowest BCUT2D eigenvalue weighted by molar-refractivity contribution is -0.123. The van der Waals surface area contributed by atoms with Gasteiger partial charge in [-0.1, -0.05) is 0 Å². The van der Waals surface area contributed by atoms with E-state index in [0.29, 0.717) is 0 Å². The van der Waals surface area contributed by atoms with Gasteiger partial charge in [0.1, 0.15) is 0 Å². The van der Waals surface area contributed by atoms with Crippen LogP contribution in [0.4, 0.5) is 0 Å². The standard InChI is InChI=1S/C11H15N3O/c1-2-4-9(13)11(15)14-10-6-3-5-8(10)7-12/h1,8-10H,3-6,13H2,(H,14,15). The van der Waals surface area contributed by atoms with E-state index < -0.39 is 6.04 Å². The first kappa shape index (κ1) is 11.6. The molecule has 3 N–H and O–H groups in total. The van der Waals surface area contributed by atoms with E-state index in [0.717, 1.165) is 19.3 Å². The molecular formula is C11H15N3O. The second-order valence-electron chi connectivity index (χ2n) is 3.80. The number of rotatable bonds is 3. The van der Waals surface area contributed by atoms with Gasteiger partial charge < -0.3 is 11.1 Å². The lowest BCUT2D eigenvalue weighted by Crippen LogP contribution is -2.46. The molecule has 0 spiro atoms. The predicted octanol–water partition coefficient (Wildman–Crippen LogP) is 0.145. The average molecular weight is 205 g/mol. The third-order valence-electron chi connectivity index (χ3n) is 2.68. The molecule has 1 aliphatic carbocycles. The smallest absolute Gasteiger partial charge is 0.238 e. The molecule has 15 heavy (non-hydrogen) atoms. The molecule has 4 nitrogen and oxygen atoms in total. The van der Waals surface area contributed by atoms with E-state index in [4.69, 9.17) is 17.4 Å². The Hall–Kier alpha value is -1.52. The number of nitriles is 1. The third kappa shape index (κ3) is 2.97. The summed E-state index contributed by atoms with van der Waals surface area (Å²) in [4.78, 5) is 11.5. The van der Waals surface area contributed by atoms with Crippen LogP contribution in [0.25, 0.3) is 0 Å². The molecule has 0 radical (unpaired) electrons. The van der Waals surface area contributed by atoms with Crippen LogP contribution in [-0.2, 0) is 4.79 Å². The molecule has 80 valence electrons. The van der Waals surface area contributed by atoms with Gasteiger partial charge in [-0.15, -0.1) is 12.3 Å². The SMILES string of the molecule is C#CCC(N)C(=O)NC1CCCC1C#N. The van der Waals surface area contributed by atoms with Crippen LogP contribution >= 0.6 is 0 Å². The number of carbonyl (C=O) groups is 1. The Bertz CT molecular complexity index is 313. The van der Waals surface area contributed by atoms with Gasteiger partial charge in [0.2, 0.25) is 5.91 Å². The van der Waals surface area contributed by atoms with Crippen LogP contribution in [0, 0.1) is 29.6 Å². The Balaban J connectivity index is 2.45. The van der Waals surface area contributed by atoms with Crippen LogP contribution < -0.4 is 11.1 Å². The van der Waals surface area contributed by atoms with Crippen molar-refractivity contribution in [2.24, 2.45) is 11.7 Å². The van der Waals surface area contributed by atoms with Crippen LogP contribution in [0.5, 0.6) is 0 Å². The molecular weight excluding hydrogens is 190 g/mol. The predicted molar refractivity (Wildman–Crippen MR) is 56.3 cm³/mol. The van der Waals surface area contributed by atoms with E-state index in [1.54, 1.807) is 0 Å². The highest BCUT2D eigenvalue weighted by Gasteiger charge is 2.29. The highest BCUT2D eigenvalue weighted by Crippen LogP contribution is 2.24. The fraction of sp³-hybridized carbons (Fsp3) is 0.636. The van der Waals surface area contributed by atoms with E-state index in [2.05, 4.69) is 17.3 Å². The van der Waals surface area contributed by atoms with Gasteiger partial charge in [-0.25, -0.2) is 0 Å². The zero-order valence-corrected chi connectivity index (χ0v) is 8.57. The van der Waals surface area contributed by atoms with Crippen LogP contribution in [0.1, 0.15) is 25.7 Å². The maximum Gasteiger partial charge on any atom is 0.238 e. The van der Waals surface area contributed by atoms with Crippen molar-refractivity contribution in [3.8, 4) is 18.4 Å². The number of nitrogens with one attached hydrogen (secondary N) is 1. The van der Waals surface area contributed by atoms with Crippen molar-refractivity contribution < 1.29 is 4.79 Å². The minimum Gasteiger partial charge on any atom is -0.351 e. The summed E-state index contributed by atoms with van der Waals surface area (Å²) in [7, 11) is 0. The fourth-order valence-electron chi connectivity index (χ4n) is 1.80. The molecule has 0 aromatic heterocycles. The highest BCUT2D eigenvalue weighted by molar-refractivity contribution is 5.82. The number of carbonyl (C=O) groups excluding carboxylic acids is 1. The Morgan fingerprint density at radius 2 is 2.40 bits per heavy atom. The van der Waals surface area contributed by atoms with Crippen LogP contribution in [0.15, 0.2) is 0 Å². The van der Waals surface area contributed by atoms with Crippen molar-refractivity contribution in [2.45, 2.75) is 37.8 Å². The Morgan fingerprint density at radius 1 is 1.67 bits per heavy atom. The number of nitrogens with two attached hydrogens (primary N) is 1. The third-order valence-corrected chi connectivity index (χ3v) is 2.68. The van der Waals surface area contributed by atoms with Crippen molar-refractivity contribution in [3.63, 3.8) is 0 Å². The maximum atomic E-state index is 11.5. The zero-order valence-electron chi connectivity index (χ0n) is 8.57. The minimum atomic E-state index is -0.657. The number of amides is 1. The molecule has 3 unspecified atom stereocenters. The van der Waals surface area contributed by atoms with Crippen LogP contribution in [0.2, 0.25) is 0 Å². The fourth-order valence-corrected chi connectivity index (χ4v) is 1.80. The Labute approximate surface area is 89.8 Å². The number of nitrogens with zero attached hydrogens (tertiary/aromatic N) is 1. The maximum absolute atomic E-state index is 11.5. The lowest BCUT2D eigenvalue weighted by atomic mass is 10.1. The van der Waals surface area contributed by atoms with Crippen molar-refractivity contribution in [3.05, 3.63) is 0 Å². The van der Waals surface area contributed by atoms with E-state index in [1.165, 1.54) is 0 Å². The second-order valence-corrected chi connectivity index (χ2v) is 3.80. The molecule has 4 heteroatoms. The van der Waals surface area contributed by atoms with Crippen LogP contribution in [0.3, 0.4) is 0 Å². The first-order valence-electron chi connectivity index (χ1n) is 5.08. The summed E-state index contributed by atoms with van der Waals surface area (Å²) in [5, 5.41) is 11.6. The molecule has 0 heterocycles. The van der Waals surface area contributed by atoms with Crippen molar-refractivity contribution in [1.82, 2.24) is 5.32 Å². The van der Waals surface area contributed by atoms with E-state index in [-0.39, 0.29) is 24.3 Å². The van der Waals surface area contributed by atoms with Gasteiger partial charge in [0.25, 0.3) is 0 Å². The summed E-state index contributed by atoms with van der Waals surface area (Å²) in [6.07, 6.45) is 7.99. The van der Waals surface area contributed by atoms with Gasteiger partial charge >= 0.3 is 0 Å². The van der Waals surface area contributed by atoms with Gasteiger partial charge in [-0.05, 0) is 19.3 Å². The van der Waals surface area contributed by atoms with Gasteiger partial charge in [0, 0.05) is 12.5 Å². The molecule has 0 aromatic carbocycles. The summed E-state index contributed by atoms with van der Waals surface area (Å²) in [6.45, 7) is 0. The van der Waals surface area contributed by atoms with Crippen molar-refractivity contribution >= 4 is 5.91 Å². The van der Waals surface area contributed by atoms with Gasteiger partial charge in [-0.2, -0.15) is 5.26 Å². The topological polar surface area (TPSA) is 78.9 Å². The normalized spacial score (nSPS) is 26.3. The molecule has 1 aliphatic rings. The van der Waals surface area contributed by atoms with Gasteiger partial charge in [0.15, 0.2) is 0 Å². The summed E-state index contributed by atoms with van der Waals surface area (Å²) in [5.41, 5.74) is 5.56. The van der Waals surface area contributed by atoms with Gasteiger partial charge in [0.05, 0.1) is 18.0 Å². The molecule has 3 atom stereocenters. The largest absolute Gasteiger partial charge is 0.351 e. The summed E-state index contributed by atoms with van der Waals surface area (Å²) < 4.78 is 0. The lowest BCUT2D eigenvalue weighted by Gasteiger charge is -2.17. The van der Waals surface area contributed by atoms with Crippen molar-refractivity contribution in [1.29, 1.82) is 5.26 Å². The Morgan fingerprint density at radius 3 is 3.00 bits per heavy atom. The molecule has 1 amide bonds.